The molecule has 1 aliphatic rings. The number of benzene rings is 1. The van der Waals surface area contributed by atoms with Crippen molar-refractivity contribution in [3.8, 4) is 5.75 Å². The molecule has 3 rings (SSSR count). The molecule has 0 aliphatic carbocycles. The third-order valence-corrected chi connectivity index (χ3v) is 7.40. The van der Waals surface area contributed by atoms with Gasteiger partial charge in [0.25, 0.3) is 0 Å². The number of ether oxygens (including phenoxy) is 2. The first-order valence-corrected chi connectivity index (χ1v) is 13.4. The summed E-state index contributed by atoms with van der Waals surface area (Å²) in [7, 11) is -4.38. The molecule has 0 amide bonds. The van der Waals surface area contributed by atoms with Crippen LogP contribution in [0.5, 0.6) is 5.75 Å². The van der Waals surface area contributed by atoms with Gasteiger partial charge in [0.1, 0.15) is 29.3 Å². The van der Waals surface area contributed by atoms with Crippen LogP contribution in [0.2, 0.25) is 0 Å². The predicted octanol–water partition coefficient (Wildman–Crippen LogP) is 2.16. The number of anilines is 1. The van der Waals surface area contributed by atoms with E-state index in [0.717, 1.165) is 10.8 Å². The van der Waals surface area contributed by atoms with Crippen molar-refractivity contribution in [1.82, 2.24) is 14.6 Å². The SMILES string of the molecule is CC(C)OC(=O)[C@H](C)NP(=O)(OC[C@@]1(CCl)O[C@@H](n2ccc(N)nc2=O)[C@H](F)C1O)Oc1ccccc1. The maximum Gasteiger partial charge on any atom is 0.459 e. The van der Waals surface area contributed by atoms with E-state index in [2.05, 4.69) is 10.1 Å². The number of para-hydroxylation sites is 1. The number of aliphatic hydroxyl groups excluding tert-OH is 1. The Bertz CT molecular complexity index is 1190. The molecule has 2 unspecified atom stereocenters. The second-order valence-corrected chi connectivity index (χ2v) is 10.6. The molecule has 12 nitrogen and oxygen atoms in total. The minimum atomic E-state index is -4.38. The van der Waals surface area contributed by atoms with Crippen molar-refractivity contribution in [2.24, 2.45) is 0 Å². The van der Waals surface area contributed by atoms with Crippen LogP contribution < -0.4 is 21.0 Å². The maximum absolute atomic E-state index is 15.1. The van der Waals surface area contributed by atoms with Crippen LogP contribution in [-0.4, -0.2) is 63.1 Å². The number of rotatable bonds is 11. The van der Waals surface area contributed by atoms with Crippen molar-refractivity contribution in [1.29, 1.82) is 0 Å². The number of alkyl halides is 2. The first-order chi connectivity index (χ1) is 17.4. The molecule has 2 heterocycles. The average molecular weight is 563 g/mol. The molecule has 204 valence electrons. The Morgan fingerprint density at radius 2 is 2.03 bits per heavy atom. The van der Waals surface area contributed by atoms with E-state index >= 15 is 4.39 Å². The summed E-state index contributed by atoms with van der Waals surface area (Å²) in [5.41, 5.74) is 2.61. The van der Waals surface area contributed by atoms with Crippen LogP contribution in [0.3, 0.4) is 0 Å². The highest BCUT2D eigenvalue weighted by atomic mass is 35.5. The molecule has 0 saturated carbocycles. The molecule has 15 heteroatoms. The Morgan fingerprint density at radius 3 is 2.62 bits per heavy atom. The normalized spacial score (nSPS) is 26.0. The Balaban J connectivity index is 1.85. The molecule has 0 radical (unpaired) electrons. The third kappa shape index (κ3) is 6.86. The molecule has 1 aliphatic heterocycles. The van der Waals surface area contributed by atoms with Gasteiger partial charge in [0.2, 0.25) is 0 Å². The lowest BCUT2D eigenvalue weighted by molar-refractivity contribution is -0.149. The summed E-state index contributed by atoms with van der Waals surface area (Å²) in [5, 5.41) is 13.2. The average Bonchev–Trinajstić information content (AvgIpc) is 3.08. The van der Waals surface area contributed by atoms with E-state index in [0.29, 0.717) is 0 Å². The number of aromatic nitrogens is 2. The number of hydrogen-bond donors (Lipinski definition) is 3. The number of halogens is 2. The van der Waals surface area contributed by atoms with Gasteiger partial charge >= 0.3 is 19.4 Å². The molecular weight excluding hydrogens is 534 g/mol. The number of carbonyl (C=O) groups excluding carboxylic acids is 1. The fourth-order valence-corrected chi connectivity index (χ4v) is 5.29. The number of nitrogens with one attached hydrogen (secondary N) is 1. The molecule has 1 aromatic carbocycles. The molecule has 2 aromatic rings. The molecule has 6 atom stereocenters. The van der Waals surface area contributed by atoms with Crippen molar-refractivity contribution < 1.29 is 37.4 Å². The summed E-state index contributed by atoms with van der Waals surface area (Å²) >= 11 is 6.07. The minimum absolute atomic E-state index is 0.0858. The van der Waals surface area contributed by atoms with Gasteiger partial charge in [-0.15, -0.1) is 11.6 Å². The number of nitrogens with zero attached hydrogens (tertiary/aromatic N) is 2. The molecular formula is C22H29ClFN4O8P. The predicted molar refractivity (Wildman–Crippen MR) is 132 cm³/mol. The Hall–Kier alpha value is -2.54. The molecule has 4 N–H and O–H groups in total. The standard InChI is InChI=1S/C22H29ClFN4O8P/c1-13(2)34-20(30)14(3)27-37(32,36-15-7-5-4-6-8-15)33-12-22(11-23)18(29)17(24)19(35-22)28-10-9-16(25)26-21(28)31/h4-10,13-14,17-19,29H,11-12H2,1-3H3,(H,27,32)(H2,25,26,31)/t14-,17+,18?,19+,22+,37?/m0/s1. The van der Waals surface area contributed by atoms with Gasteiger partial charge in [0.05, 0.1) is 18.6 Å². The van der Waals surface area contributed by atoms with Crippen LogP contribution in [0.15, 0.2) is 47.4 Å². The van der Waals surface area contributed by atoms with Crippen molar-refractivity contribution in [2.75, 3.05) is 18.2 Å². The summed E-state index contributed by atoms with van der Waals surface area (Å²) in [6.45, 7) is 3.95. The number of aliphatic hydroxyl groups is 1. The fourth-order valence-electron chi connectivity index (χ4n) is 3.45. The van der Waals surface area contributed by atoms with Crippen LogP contribution >= 0.6 is 19.3 Å². The highest BCUT2D eigenvalue weighted by Crippen LogP contribution is 2.48. The number of carbonyl (C=O) groups is 1. The molecule has 0 spiro atoms. The van der Waals surface area contributed by atoms with E-state index in [9.17, 15) is 19.3 Å². The van der Waals surface area contributed by atoms with Crippen molar-refractivity contribution in [3.63, 3.8) is 0 Å². The van der Waals surface area contributed by atoms with Crippen LogP contribution in [-0.2, 0) is 23.4 Å². The molecule has 1 fully saturated rings. The van der Waals surface area contributed by atoms with Gasteiger partial charge in [-0.2, -0.15) is 10.1 Å². The van der Waals surface area contributed by atoms with E-state index in [1.807, 2.05) is 0 Å². The second-order valence-electron chi connectivity index (χ2n) is 8.65. The maximum atomic E-state index is 15.1. The number of nitrogens with two attached hydrogens (primary N) is 1. The lowest BCUT2D eigenvalue weighted by atomic mass is 9.99. The van der Waals surface area contributed by atoms with Crippen molar-refractivity contribution in [2.45, 2.75) is 57.0 Å². The summed E-state index contributed by atoms with van der Waals surface area (Å²) in [5.74, 6) is -1.19. The highest BCUT2D eigenvalue weighted by molar-refractivity contribution is 7.52. The lowest BCUT2D eigenvalue weighted by Crippen LogP contribution is -2.48. The molecule has 0 bridgehead atoms. The van der Waals surface area contributed by atoms with E-state index in [4.69, 9.17) is 35.9 Å². The van der Waals surface area contributed by atoms with Gasteiger partial charge in [-0.25, -0.2) is 13.8 Å². The number of esters is 1. The first-order valence-electron chi connectivity index (χ1n) is 11.3. The second kappa shape index (κ2) is 11.9. The van der Waals surface area contributed by atoms with Crippen molar-refractivity contribution >= 4 is 31.1 Å². The topological polar surface area (TPSA) is 164 Å². The van der Waals surface area contributed by atoms with Gasteiger partial charge in [-0.05, 0) is 39.0 Å². The van der Waals surface area contributed by atoms with E-state index in [1.165, 1.54) is 25.1 Å². The first kappa shape index (κ1) is 29.0. The van der Waals surface area contributed by atoms with Crippen LogP contribution in [0.4, 0.5) is 10.2 Å². The summed E-state index contributed by atoms with van der Waals surface area (Å²) in [4.78, 5) is 28.1. The number of hydrogen-bond acceptors (Lipinski definition) is 10. The minimum Gasteiger partial charge on any atom is -0.462 e. The van der Waals surface area contributed by atoms with E-state index in [-0.39, 0.29) is 11.6 Å². The zero-order chi connectivity index (χ0) is 27.4. The van der Waals surface area contributed by atoms with Gasteiger partial charge in [-0.3, -0.25) is 13.9 Å². The fraction of sp³-hybridized carbons (Fsp3) is 0.500. The zero-order valence-electron chi connectivity index (χ0n) is 20.3. The summed E-state index contributed by atoms with van der Waals surface area (Å²) in [6.07, 6.45) is -4.92. The quantitative estimate of drug-likeness (QED) is 0.209. The summed E-state index contributed by atoms with van der Waals surface area (Å²) in [6, 6.07) is 8.07. The zero-order valence-corrected chi connectivity index (χ0v) is 22.0. The van der Waals surface area contributed by atoms with Crippen LogP contribution in [0.1, 0.15) is 27.0 Å². The monoisotopic (exact) mass is 562 g/mol. The van der Waals surface area contributed by atoms with Gasteiger partial charge in [0, 0.05) is 6.20 Å². The van der Waals surface area contributed by atoms with E-state index < -0.39 is 68.1 Å². The summed E-state index contributed by atoms with van der Waals surface area (Å²) < 4.78 is 51.6. The Morgan fingerprint density at radius 1 is 1.35 bits per heavy atom. The van der Waals surface area contributed by atoms with Crippen LogP contribution in [0, 0.1) is 0 Å². The van der Waals surface area contributed by atoms with Gasteiger partial charge in [-0.1, -0.05) is 18.2 Å². The lowest BCUT2D eigenvalue weighted by Gasteiger charge is -2.31. The Labute approximate surface area is 217 Å². The highest BCUT2D eigenvalue weighted by Gasteiger charge is 2.57. The van der Waals surface area contributed by atoms with Crippen LogP contribution in [0.25, 0.3) is 0 Å². The molecule has 1 saturated heterocycles. The van der Waals surface area contributed by atoms with Gasteiger partial charge in [0.15, 0.2) is 12.4 Å². The van der Waals surface area contributed by atoms with E-state index in [1.54, 1.807) is 32.0 Å². The molecule has 37 heavy (non-hydrogen) atoms. The third-order valence-electron chi connectivity index (χ3n) is 5.33. The van der Waals surface area contributed by atoms with Gasteiger partial charge < -0.3 is 24.8 Å². The molecule has 1 aromatic heterocycles. The number of nitrogen functional groups attached to an aromatic ring is 1. The largest absolute Gasteiger partial charge is 0.462 e. The Kier molecular flexibility index (Phi) is 9.32. The van der Waals surface area contributed by atoms with Crippen molar-refractivity contribution in [3.05, 3.63) is 53.1 Å². The smallest absolute Gasteiger partial charge is 0.459 e.